The van der Waals surface area contributed by atoms with Gasteiger partial charge in [-0.15, -0.1) is 0 Å². The van der Waals surface area contributed by atoms with Gasteiger partial charge in [0.15, 0.2) is 0 Å². The predicted octanol–water partition coefficient (Wildman–Crippen LogP) is 1.46. The minimum Gasteiger partial charge on any atom is -0.481 e. The second-order valence-electron chi connectivity index (χ2n) is 5.35. The highest BCUT2D eigenvalue weighted by atomic mass is 16.5. The number of benzene rings is 1. The maximum atomic E-state index is 10.9. The summed E-state index contributed by atoms with van der Waals surface area (Å²) in [7, 11) is 0. The number of nitrogens with one attached hydrogen (secondary N) is 1. The molecule has 0 saturated carbocycles. The van der Waals surface area contributed by atoms with Crippen LogP contribution in [0.2, 0.25) is 0 Å². The molecule has 3 rings (SSSR count). The molecule has 0 aliphatic carbocycles. The Morgan fingerprint density at radius 1 is 1.24 bits per heavy atom. The number of imide groups is 1. The molecule has 112 valence electrons. The van der Waals surface area contributed by atoms with Crippen molar-refractivity contribution in [1.29, 1.82) is 0 Å². The summed E-state index contributed by atoms with van der Waals surface area (Å²) in [6.07, 6.45) is 1.60. The average Bonchev–Trinajstić information content (AvgIpc) is 2.76. The van der Waals surface area contributed by atoms with Gasteiger partial charge in [0.2, 0.25) is 0 Å². The zero-order valence-corrected chi connectivity index (χ0v) is 11.7. The predicted molar refractivity (Wildman–Crippen MR) is 74.0 cm³/mol. The Hall–Kier alpha value is -2.21. The van der Waals surface area contributed by atoms with Crippen molar-refractivity contribution >= 4 is 17.8 Å². The van der Waals surface area contributed by atoms with Crippen LogP contribution in [0.3, 0.4) is 0 Å². The summed E-state index contributed by atoms with van der Waals surface area (Å²) in [5.74, 6) is -1.34. The summed E-state index contributed by atoms with van der Waals surface area (Å²) in [6, 6.07) is 6.74. The fraction of sp³-hybridized carbons (Fsp3) is 0.400. The highest BCUT2D eigenvalue weighted by Gasteiger charge is 2.35. The molecule has 2 aliphatic rings. The van der Waals surface area contributed by atoms with E-state index in [1.807, 2.05) is 0 Å². The van der Waals surface area contributed by atoms with E-state index in [0.717, 1.165) is 12.8 Å². The first-order valence-electron chi connectivity index (χ1n) is 6.70. The number of fused-ring (bicyclic) bond motifs is 1. The average molecular weight is 291 g/mol. The molecule has 1 aromatic carbocycles. The van der Waals surface area contributed by atoms with Crippen LogP contribution < -0.4 is 5.32 Å². The van der Waals surface area contributed by atoms with Crippen molar-refractivity contribution < 1.29 is 24.2 Å². The maximum absolute atomic E-state index is 10.9. The smallest absolute Gasteiger partial charge is 0.311 e. The van der Waals surface area contributed by atoms with Gasteiger partial charge in [-0.1, -0.05) is 12.1 Å². The molecule has 1 aromatic rings. The van der Waals surface area contributed by atoms with E-state index in [-0.39, 0.29) is 11.8 Å². The highest BCUT2D eigenvalue weighted by molar-refractivity contribution is 6.21. The molecule has 1 fully saturated rings. The lowest BCUT2D eigenvalue weighted by Crippen LogP contribution is -2.36. The van der Waals surface area contributed by atoms with E-state index in [9.17, 15) is 14.4 Å². The largest absolute Gasteiger partial charge is 0.481 e. The zero-order valence-electron chi connectivity index (χ0n) is 11.7. The van der Waals surface area contributed by atoms with Gasteiger partial charge in [-0.2, -0.15) is 0 Å². The van der Waals surface area contributed by atoms with Crippen LogP contribution in [-0.2, 0) is 9.53 Å². The summed E-state index contributed by atoms with van der Waals surface area (Å²) in [4.78, 5) is 32.5. The van der Waals surface area contributed by atoms with Crippen molar-refractivity contribution in [1.82, 2.24) is 5.32 Å². The van der Waals surface area contributed by atoms with Gasteiger partial charge >= 0.3 is 5.97 Å². The lowest BCUT2D eigenvalue weighted by molar-refractivity contribution is -0.155. The van der Waals surface area contributed by atoms with Gasteiger partial charge in [0.05, 0.1) is 23.1 Å². The molecular weight excluding hydrogens is 274 g/mol. The second-order valence-corrected chi connectivity index (χ2v) is 5.35. The topological polar surface area (TPSA) is 92.7 Å². The van der Waals surface area contributed by atoms with E-state index < -0.39 is 11.4 Å². The molecule has 21 heavy (non-hydrogen) atoms. The SMILES string of the molecule is CC1(C(=O)O)CCCOC1.O=C1NC(=O)c2ccccc21. The van der Waals surface area contributed by atoms with E-state index >= 15 is 0 Å². The second kappa shape index (κ2) is 6.05. The van der Waals surface area contributed by atoms with E-state index in [2.05, 4.69) is 5.32 Å². The molecule has 0 spiro atoms. The number of aliphatic carboxylic acids is 1. The van der Waals surface area contributed by atoms with Crippen LogP contribution in [-0.4, -0.2) is 36.1 Å². The van der Waals surface area contributed by atoms with Crippen molar-refractivity contribution in [3.8, 4) is 0 Å². The normalized spacial score (nSPS) is 23.7. The zero-order chi connectivity index (χ0) is 15.5. The Morgan fingerprint density at radius 2 is 1.81 bits per heavy atom. The van der Waals surface area contributed by atoms with Crippen LogP contribution in [0.25, 0.3) is 0 Å². The first-order valence-corrected chi connectivity index (χ1v) is 6.70. The molecule has 6 nitrogen and oxygen atoms in total. The number of ether oxygens (including phenoxy) is 1. The first-order chi connectivity index (χ1) is 9.94. The number of carbonyl (C=O) groups is 3. The van der Waals surface area contributed by atoms with Crippen LogP contribution in [0.1, 0.15) is 40.5 Å². The first kappa shape index (κ1) is 15.2. The Morgan fingerprint density at radius 3 is 2.19 bits per heavy atom. The molecule has 2 heterocycles. The van der Waals surface area contributed by atoms with Crippen molar-refractivity contribution in [3.63, 3.8) is 0 Å². The highest BCUT2D eigenvalue weighted by Crippen LogP contribution is 2.27. The molecule has 1 atom stereocenters. The lowest BCUT2D eigenvalue weighted by Gasteiger charge is -2.28. The molecule has 6 heteroatoms. The Balaban J connectivity index is 0.000000155. The maximum Gasteiger partial charge on any atom is 0.311 e. The van der Waals surface area contributed by atoms with E-state index in [1.54, 1.807) is 31.2 Å². The van der Waals surface area contributed by atoms with Gasteiger partial charge in [-0.25, -0.2) is 0 Å². The molecule has 0 aromatic heterocycles. The number of rotatable bonds is 1. The van der Waals surface area contributed by atoms with Crippen LogP contribution >= 0.6 is 0 Å². The quantitative estimate of drug-likeness (QED) is 0.764. The minimum atomic E-state index is -0.743. The number of carboxylic acid groups (broad SMARTS) is 1. The van der Waals surface area contributed by atoms with Crippen molar-refractivity contribution in [2.24, 2.45) is 5.41 Å². The molecular formula is C15H17NO5. The molecule has 2 aliphatic heterocycles. The summed E-state index contributed by atoms with van der Waals surface area (Å²) in [5, 5.41) is 10.9. The number of carbonyl (C=O) groups excluding carboxylic acids is 2. The van der Waals surface area contributed by atoms with Gasteiger partial charge in [0.25, 0.3) is 11.8 Å². The molecule has 2 amide bonds. The van der Waals surface area contributed by atoms with Gasteiger partial charge in [0, 0.05) is 6.61 Å². The molecule has 0 bridgehead atoms. The molecule has 2 N–H and O–H groups in total. The Bertz CT molecular complexity index is 542. The third-order valence-electron chi connectivity index (χ3n) is 3.60. The number of hydrogen-bond donors (Lipinski definition) is 2. The number of amides is 2. The molecule has 0 radical (unpaired) electrons. The standard InChI is InChI=1S/C8H5NO2.C7H12O3/c10-7-5-3-1-2-4-6(5)8(11)9-7;1-7(6(8)9)3-2-4-10-5-7/h1-4H,(H,9,10,11);2-5H2,1H3,(H,8,9). The monoisotopic (exact) mass is 291 g/mol. The summed E-state index contributed by atoms with van der Waals surface area (Å²) in [5.41, 5.74) is 0.313. The summed E-state index contributed by atoms with van der Waals surface area (Å²) < 4.78 is 5.07. The third kappa shape index (κ3) is 3.28. The fourth-order valence-electron chi connectivity index (χ4n) is 2.22. The van der Waals surface area contributed by atoms with Gasteiger partial charge in [0.1, 0.15) is 0 Å². The van der Waals surface area contributed by atoms with Crippen LogP contribution in [0.5, 0.6) is 0 Å². The van der Waals surface area contributed by atoms with E-state index in [0.29, 0.717) is 24.3 Å². The van der Waals surface area contributed by atoms with Crippen molar-refractivity contribution in [3.05, 3.63) is 35.4 Å². The van der Waals surface area contributed by atoms with Crippen LogP contribution in [0.15, 0.2) is 24.3 Å². The Kier molecular flexibility index (Phi) is 4.37. The van der Waals surface area contributed by atoms with E-state index in [4.69, 9.17) is 9.84 Å². The third-order valence-corrected chi connectivity index (χ3v) is 3.60. The fourth-order valence-corrected chi connectivity index (χ4v) is 2.22. The lowest BCUT2D eigenvalue weighted by atomic mass is 9.85. The van der Waals surface area contributed by atoms with Crippen LogP contribution in [0, 0.1) is 5.41 Å². The van der Waals surface area contributed by atoms with Gasteiger partial charge in [-0.3, -0.25) is 19.7 Å². The molecule has 1 saturated heterocycles. The molecule has 1 unspecified atom stereocenters. The number of carboxylic acids is 1. The Labute approximate surface area is 122 Å². The summed E-state index contributed by atoms with van der Waals surface area (Å²) in [6.45, 7) is 2.81. The van der Waals surface area contributed by atoms with Crippen LogP contribution in [0.4, 0.5) is 0 Å². The van der Waals surface area contributed by atoms with Crippen molar-refractivity contribution in [2.75, 3.05) is 13.2 Å². The van der Waals surface area contributed by atoms with Crippen molar-refractivity contribution in [2.45, 2.75) is 19.8 Å². The van der Waals surface area contributed by atoms with E-state index in [1.165, 1.54) is 0 Å². The minimum absolute atomic E-state index is 0.300. The number of hydrogen-bond acceptors (Lipinski definition) is 4. The van der Waals surface area contributed by atoms with Gasteiger partial charge in [-0.05, 0) is 31.9 Å². The van der Waals surface area contributed by atoms with Gasteiger partial charge < -0.3 is 9.84 Å². The summed E-state index contributed by atoms with van der Waals surface area (Å²) >= 11 is 0.